The number of fused-ring (bicyclic) bond motifs is 1. The number of carbonyl (C=O) groups is 1. The second-order valence-electron chi connectivity index (χ2n) is 8.13. The Hall–Kier alpha value is -3.74. The minimum absolute atomic E-state index is 0.149. The Bertz CT molecular complexity index is 1270. The van der Waals surface area contributed by atoms with Gasteiger partial charge in [0.2, 0.25) is 5.91 Å². The highest BCUT2D eigenvalue weighted by molar-refractivity contribution is 5.90. The standard InChI is InChI=1S/C23H23N5O2/c1-23(2,3)24-19(29)15-28-20(30)13-12-17(25-28)21-18-11-7-8-14-27(18)26-22(21)16-9-5-4-6-10-16/h4-14H,15H2,1-3H3,(H,24,29). The molecule has 7 heteroatoms. The molecule has 1 amide bonds. The monoisotopic (exact) mass is 401 g/mol. The van der Waals surface area contributed by atoms with Crippen LogP contribution in [0.3, 0.4) is 0 Å². The van der Waals surface area contributed by atoms with E-state index in [2.05, 4.69) is 10.4 Å². The van der Waals surface area contributed by atoms with Crippen LogP contribution >= 0.6 is 0 Å². The molecule has 0 bridgehead atoms. The summed E-state index contributed by atoms with van der Waals surface area (Å²) in [5.41, 5.74) is 3.25. The summed E-state index contributed by atoms with van der Waals surface area (Å²) in [6.07, 6.45) is 1.87. The Morgan fingerprint density at radius 3 is 2.43 bits per heavy atom. The molecule has 0 fully saturated rings. The number of hydrogen-bond donors (Lipinski definition) is 1. The van der Waals surface area contributed by atoms with Crippen LogP contribution in [0.4, 0.5) is 0 Å². The maximum absolute atomic E-state index is 12.4. The van der Waals surface area contributed by atoms with Gasteiger partial charge in [-0.1, -0.05) is 36.4 Å². The van der Waals surface area contributed by atoms with E-state index in [4.69, 9.17) is 5.10 Å². The Morgan fingerprint density at radius 2 is 1.70 bits per heavy atom. The van der Waals surface area contributed by atoms with E-state index < -0.39 is 0 Å². The van der Waals surface area contributed by atoms with Crippen molar-refractivity contribution in [1.29, 1.82) is 0 Å². The predicted octanol–water partition coefficient (Wildman–Crippen LogP) is 3.14. The van der Waals surface area contributed by atoms with Crippen molar-refractivity contribution in [1.82, 2.24) is 24.7 Å². The van der Waals surface area contributed by atoms with Crippen LogP contribution < -0.4 is 10.9 Å². The van der Waals surface area contributed by atoms with Crippen molar-refractivity contribution in [3.63, 3.8) is 0 Å². The molecule has 152 valence electrons. The molecule has 0 saturated carbocycles. The molecule has 1 aromatic carbocycles. The number of hydrogen-bond acceptors (Lipinski definition) is 4. The Kier molecular flexibility index (Phi) is 4.95. The van der Waals surface area contributed by atoms with Crippen molar-refractivity contribution in [2.75, 3.05) is 0 Å². The summed E-state index contributed by atoms with van der Waals surface area (Å²) < 4.78 is 2.98. The molecule has 0 aliphatic carbocycles. The fourth-order valence-electron chi connectivity index (χ4n) is 3.34. The Balaban J connectivity index is 1.83. The summed E-state index contributed by atoms with van der Waals surface area (Å²) in [5.74, 6) is -0.266. The molecule has 30 heavy (non-hydrogen) atoms. The number of benzene rings is 1. The van der Waals surface area contributed by atoms with E-state index in [1.807, 2.05) is 75.5 Å². The lowest BCUT2D eigenvalue weighted by Gasteiger charge is -2.20. The molecule has 3 aromatic heterocycles. The molecule has 4 aromatic rings. The fraction of sp³-hybridized carbons (Fsp3) is 0.217. The molecule has 7 nitrogen and oxygen atoms in total. The zero-order valence-electron chi connectivity index (χ0n) is 17.2. The molecule has 0 radical (unpaired) electrons. The number of carbonyl (C=O) groups excluding carboxylic acids is 1. The van der Waals surface area contributed by atoms with Crippen molar-refractivity contribution in [3.8, 4) is 22.5 Å². The van der Waals surface area contributed by atoms with Crippen molar-refractivity contribution in [2.24, 2.45) is 0 Å². The topological polar surface area (TPSA) is 81.3 Å². The first kappa shape index (κ1) is 19.6. The number of amides is 1. The van der Waals surface area contributed by atoms with Crippen LogP contribution in [0.15, 0.2) is 71.7 Å². The zero-order chi connectivity index (χ0) is 21.3. The van der Waals surface area contributed by atoms with Crippen LogP contribution in [0.5, 0.6) is 0 Å². The van der Waals surface area contributed by atoms with E-state index in [-0.39, 0.29) is 23.6 Å². The van der Waals surface area contributed by atoms with Crippen molar-refractivity contribution in [2.45, 2.75) is 32.9 Å². The number of nitrogens with zero attached hydrogens (tertiary/aromatic N) is 4. The van der Waals surface area contributed by atoms with Crippen LogP contribution in [-0.4, -0.2) is 30.8 Å². The number of aromatic nitrogens is 4. The van der Waals surface area contributed by atoms with E-state index >= 15 is 0 Å². The minimum Gasteiger partial charge on any atom is -0.350 e. The lowest BCUT2D eigenvalue weighted by atomic mass is 10.0. The highest BCUT2D eigenvalue weighted by Gasteiger charge is 2.19. The normalized spacial score (nSPS) is 11.6. The van der Waals surface area contributed by atoms with Gasteiger partial charge in [0.1, 0.15) is 12.2 Å². The van der Waals surface area contributed by atoms with Gasteiger partial charge in [0.15, 0.2) is 0 Å². The maximum atomic E-state index is 12.4. The van der Waals surface area contributed by atoms with Gasteiger partial charge in [-0.05, 0) is 39.0 Å². The molecule has 0 saturated heterocycles. The average Bonchev–Trinajstić information content (AvgIpc) is 3.08. The van der Waals surface area contributed by atoms with Crippen LogP contribution in [-0.2, 0) is 11.3 Å². The number of nitrogens with one attached hydrogen (secondary N) is 1. The zero-order valence-corrected chi connectivity index (χ0v) is 17.2. The molecule has 3 heterocycles. The van der Waals surface area contributed by atoms with Crippen LogP contribution in [0, 0.1) is 0 Å². The summed E-state index contributed by atoms with van der Waals surface area (Å²) in [7, 11) is 0. The van der Waals surface area contributed by atoms with Gasteiger partial charge in [-0.25, -0.2) is 9.20 Å². The molecule has 0 aliphatic rings. The van der Waals surface area contributed by atoms with Crippen LogP contribution in [0.1, 0.15) is 20.8 Å². The van der Waals surface area contributed by atoms with Gasteiger partial charge in [0.05, 0.1) is 16.8 Å². The Morgan fingerprint density at radius 1 is 0.967 bits per heavy atom. The average molecular weight is 401 g/mol. The quantitative estimate of drug-likeness (QED) is 0.570. The van der Waals surface area contributed by atoms with Crippen LogP contribution in [0.25, 0.3) is 28.0 Å². The van der Waals surface area contributed by atoms with E-state index in [0.29, 0.717) is 5.69 Å². The summed E-state index contributed by atoms with van der Waals surface area (Å²) in [4.78, 5) is 24.7. The maximum Gasteiger partial charge on any atom is 0.267 e. The third kappa shape index (κ3) is 4.00. The third-order valence-electron chi connectivity index (χ3n) is 4.52. The molecule has 0 spiro atoms. The fourth-order valence-corrected chi connectivity index (χ4v) is 3.34. The van der Waals surface area contributed by atoms with E-state index in [0.717, 1.165) is 22.3 Å². The highest BCUT2D eigenvalue weighted by atomic mass is 16.2. The molecule has 0 unspecified atom stereocenters. The lowest BCUT2D eigenvalue weighted by molar-refractivity contribution is -0.123. The van der Waals surface area contributed by atoms with E-state index in [9.17, 15) is 9.59 Å². The molecule has 0 aliphatic heterocycles. The first-order chi connectivity index (χ1) is 14.3. The van der Waals surface area contributed by atoms with Gasteiger partial charge < -0.3 is 5.32 Å². The van der Waals surface area contributed by atoms with Gasteiger partial charge in [-0.2, -0.15) is 10.2 Å². The van der Waals surface area contributed by atoms with Gasteiger partial charge in [-0.3, -0.25) is 9.59 Å². The molecular formula is C23H23N5O2. The third-order valence-corrected chi connectivity index (χ3v) is 4.52. The number of pyridine rings is 1. The second kappa shape index (κ2) is 7.59. The highest BCUT2D eigenvalue weighted by Crippen LogP contribution is 2.33. The van der Waals surface area contributed by atoms with Gasteiger partial charge in [0.25, 0.3) is 5.56 Å². The van der Waals surface area contributed by atoms with Gasteiger partial charge in [-0.15, -0.1) is 0 Å². The van der Waals surface area contributed by atoms with E-state index in [1.54, 1.807) is 10.6 Å². The summed E-state index contributed by atoms with van der Waals surface area (Å²) in [6.45, 7) is 5.53. The van der Waals surface area contributed by atoms with Gasteiger partial charge in [0, 0.05) is 23.4 Å². The first-order valence-corrected chi connectivity index (χ1v) is 9.74. The summed E-state index contributed by atoms with van der Waals surface area (Å²) >= 11 is 0. The smallest absolute Gasteiger partial charge is 0.267 e. The summed E-state index contributed by atoms with van der Waals surface area (Å²) in [5, 5.41) is 12.1. The largest absolute Gasteiger partial charge is 0.350 e. The predicted molar refractivity (Wildman–Crippen MR) is 116 cm³/mol. The SMILES string of the molecule is CC(C)(C)NC(=O)Cn1nc(-c2c(-c3ccccc3)nn3ccccc23)ccc1=O. The Labute approximate surface area is 174 Å². The molecule has 0 atom stereocenters. The summed E-state index contributed by atoms with van der Waals surface area (Å²) in [6, 6.07) is 18.7. The van der Waals surface area contributed by atoms with E-state index in [1.165, 1.54) is 10.7 Å². The molecule has 1 N–H and O–H groups in total. The number of rotatable bonds is 4. The van der Waals surface area contributed by atoms with Crippen molar-refractivity contribution >= 4 is 11.4 Å². The minimum atomic E-state index is -0.388. The van der Waals surface area contributed by atoms with Gasteiger partial charge >= 0.3 is 0 Å². The van der Waals surface area contributed by atoms with Crippen LogP contribution in [0.2, 0.25) is 0 Å². The van der Waals surface area contributed by atoms with Crippen molar-refractivity contribution in [3.05, 3.63) is 77.2 Å². The molecular weight excluding hydrogens is 378 g/mol. The second-order valence-corrected chi connectivity index (χ2v) is 8.13. The lowest BCUT2D eigenvalue weighted by Crippen LogP contribution is -2.43. The molecule has 4 rings (SSSR count). The van der Waals surface area contributed by atoms with Crippen molar-refractivity contribution < 1.29 is 4.79 Å². The first-order valence-electron chi connectivity index (χ1n) is 9.74.